The summed E-state index contributed by atoms with van der Waals surface area (Å²) in [5.41, 5.74) is 4.99. The molecule has 0 fully saturated rings. The Morgan fingerprint density at radius 3 is 2.60 bits per heavy atom. The average Bonchev–Trinajstić information content (AvgIpc) is 3.06. The molecular formula is C20H16ClNO3. The Morgan fingerprint density at radius 1 is 1.04 bits per heavy atom. The van der Waals surface area contributed by atoms with Gasteiger partial charge in [0, 0.05) is 40.4 Å². The van der Waals surface area contributed by atoms with Crippen molar-refractivity contribution in [2.24, 2.45) is 0 Å². The molecule has 5 rings (SSSR count). The van der Waals surface area contributed by atoms with Crippen molar-refractivity contribution in [2.45, 2.75) is 25.2 Å². The predicted molar refractivity (Wildman–Crippen MR) is 95.4 cm³/mol. The fourth-order valence-electron chi connectivity index (χ4n) is 3.95. The molecule has 2 heterocycles. The van der Waals surface area contributed by atoms with Crippen molar-refractivity contribution in [3.8, 4) is 11.5 Å². The fourth-order valence-corrected chi connectivity index (χ4v) is 4.08. The number of allylic oxidation sites excluding steroid dienone is 2. The van der Waals surface area contributed by atoms with Crippen molar-refractivity contribution in [1.29, 1.82) is 0 Å². The number of ketones is 1. The molecular weight excluding hydrogens is 338 g/mol. The van der Waals surface area contributed by atoms with Crippen molar-refractivity contribution in [1.82, 2.24) is 0 Å². The summed E-state index contributed by atoms with van der Waals surface area (Å²) in [6.07, 6.45) is 2.38. The van der Waals surface area contributed by atoms with E-state index in [1.807, 2.05) is 36.4 Å². The summed E-state index contributed by atoms with van der Waals surface area (Å²) in [7, 11) is 0. The highest BCUT2D eigenvalue weighted by Gasteiger charge is 2.36. The van der Waals surface area contributed by atoms with E-state index in [-0.39, 0.29) is 18.5 Å². The van der Waals surface area contributed by atoms with Crippen LogP contribution in [0.25, 0.3) is 0 Å². The SMILES string of the molecule is O=C1CCCC2=C1[C@@H](c1ccc(Cl)cc1)c1cc3c(cc1N2)OCO3. The first-order valence-electron chi connectivity index (χ1n) is 8.43. The van der Waals surface area contributed by atoms with Gasteiger partial charge < -0.3 is 14.8 Å². The van der Waals surface area contributed by atoms with Gasteiger partial charge in [0.05, 0.1) is 0 Å². The van der Waals surface area contributed by atoms with E-state index >= 15 is 0 Å². The van der Waals surface area contributed by atoms with Crippen LogP contribution in [0.4, 0.5) is 5.69 Å². The number of hydrogen-bond donors (Lipinski definition) is 1. The van der Waals surface area contributed by atoms with Crippen LogP contribution in [0.1, 0.15) is 36.3 Å². The number of halogens is 1. The summed E-state index contributed by atoms with van der Waals surface area (Å²) in [6.45, 7) is 0.232. The molecule has 3 aliphatic rings. The van der Waals surface area contributed by atoms with E-state index in [1.54, 1.807) is 0 Å². The first kappa shape index (κ1) is 14.8. The largest absolute Gasteiger partial charge is 0.454 e. The van der Waals surface area contributed by atoms with Gasteiger partial charge in [-0.05, 0) is 42.2 Å². The molecule has 0 aromatic heterocycles. The van der Waals surface area contributed by atoms with Crippen LogP contribution in [0.15, 0.2) is 47.7 Å². The van der Waals surface area contributed by atoms with Gasteiger partial charge in [0.2, 0.25) is 6.79 Å². The zero-order valence-electron chi connectivity index (χ0n) is 13.5. The Kier molecular flexibility index (Phi) is 3.28. The topological polar surface area (TPSA) is 47.6 Å². The standard InChI is InChI=1S/C20H16ClNO3/c21-12-6-4-11(5-7-12)19-13-8-17-18(25-10-24-17)9-15(13)22-14-2-1-3-16(23)20(14)19/h4-9,19,22H,1-3,10H2/t19-/m0/s1. The Morgan fingerprint density at radius 2 is 1.80 bits per heavy atom. The summed E-state index contributed by atoms with van der Waals surface area (Å²) in [6, 6.07) is 11.7. The lowest BCUT2D eigenvalue weighted by Gasteiger charge is -2.34. The third kappa shape index (κ3) is 2.32. The minimum Gasteiger partial charge on any atom is -0.454 e. The van der Waals surface area contributed by atoms with Crippen molar-refractivity contribution in [2.75, 3.05) is 12.1 Å². The average molecular weight is 354 g/mol. The summed E-state index contributed by atoms with van der Waals surface area (Å²) in [5.74, 6) is 1.59. The van der Waals surface area contributed by atoms with E-state index in [4.69, 9.17) is 21.1 Å². The van der Waals surface area contributed by atoms with E-state index in [1.165, 1.54) is 0 Å². The van der Waals surface area contributed by atoms with Crippen molar-refractivity contribution in [3.63, 3.8) is 0 Å². The van der Waals surface area contributed by atoms with Crippen LogP contribution in [0, 0.1) is 0 Å². The highest BCUT2D eigenvalue weighted by atomic mass is 35.5. The van der Waals surface area contributed by atoms with Gasteiger partial charge in [0.1, 0.15) is 0 Å². The normalized spacial score (nSPS) is 20.8. The minimum atomic E-state index is -0.106. The molecule has 0 unspecified atom stereocenters. The Labute approximate surface area is 150 Å². The molecule has 5 heteroatoms. The number of anilines is 1. The zero-order chi connectivity index (χ0) is 17.0. The van der Waals surface area contributed by atoms with E-state index in [0.717, 1.165) is 52.4 Å². The second-order valence-corrected chi connectivity index (χ2v) is 7.01. The number of rotatable bonds is 1. The van der Waals surface area contributed by atoms with Gasteiger partial charge in [-0.1, -0.05) is 23.7 Å². The van der Waals surface area contributed by atoms with E-state index < -0.39 is 0 Å². The monoisotopic (exact) mass is 353 g/mol. The molecule has 0 radical (unpaired) electrons. The predicted octanol–water partition coefficient (Wildman–Crippen LogP) is 4.63. The van der Waals surface area contributed by atoms with Crippen LogP contribution in [0.2, 0.25) is 5.02 Å². The van der Waals surface area contributed by atoms with Crippen LogP contribution in [0.3, 0.4) is 0 Å². The molecule has 1 N–H and O–H groups in total. The molecule has 0 saturated heterocycles. The van der Waals surface area contributed by atoms with Gasteiger partial charge in [-0.3, -0.25) is 4.79 Å². The molecule has 2 aromatic carbocycles. The summed E-state index contributed by atoms with van der Waals surface area (Å²) in [4.78, 5) is 12.7. The number of nitrogens with one attached hydrogen (secondary N) is 1. The lowest BCUT2D eigenvalue weighted by Crippen LogP contribution is -2.26. The zero-order valence-corrected chi connectivity index (χ0v) is 14.2. The number of fused-ring (bicyclic) bond motifs is 2. The minimum absolute atomic E-state index is 0.106. The number of carbonyl (C=O) groups is 1. The Hall–Kier alpha value is -2.46. The second kappa shape index (κ2) is 5.53. The van der Waals surface area contributed by atoms with Crippen LogP contribution >= 0.6 is 11.6 Å². The smallest absolute Gasteiger partial charge is 0.231 e. The Bertz CT molecular complexity index is 917. The first-order chi connectivity index (χ1) is 12.2. The molecule has 0 saturated carbocycles. The van der Waals surface area contributed by atoms with Gasteiger partial charge in [0.15, 0.2) is 17.3 Å². The molecule has 126 valence electrons. The number of hydrogen-bond acceptors (Lipinski definition) is 4. The summed E-state index contributed by atoms with van der Waals surface area (Å²) in [5, 5.41) is 4.16. The van der Waals surface area contributed by atoms with Gasteiger partial charge in [-0.15, -0.1) is 0 Å². The molecule has 2 aliphatic heterocycles. The van der Waals surface area contributed by atoms with E-state index in [9.17, 15) is 4.79 Å². The highest BCUT2D eigenvalue weighted by Crippen LogP contribution is 2.49. The maximum atomic E-state index is 12.7. The van der Waals surface area contributed by atoms with Gasteiger partial charge >= 0.3 is 0 Å². The molecule has 4 nitrogen and oxygen atoms in total. The lowest BCUT2D eigenvalue weighted by atomic mass is 9.75. The van der Waals surface area contributed by atoms with E-state index in [2.05, 4.69) is 5.32 Å². The lowest BCUT2D eigenvalue weighted by molar-refractivity contribution is -0.116. The second-order valence-electron chi connectivity index (χ2n) is 6.57. The molecule has 1 atom stereocenters. The molecule has 2 aromatic rings. The molecule has 25 heavy (non-hydrogen) atoms. The van der Waals surface area contributed by atoms with Gasteiger partial charge in [-0.2, -0.15) is 0 Å². The number of Topliss-reactive ketones (excluding diaryl/α,β-unsaturated/α-hetero) is 1. The third-order valence-electron chi connectivity index (χ3n) is 5.09. The maximum absolute atomic E-state index is 12.7. The van der Waals surface area contributed by atoms with E-state index in [0.29, 0.717) is 11.4 Å². The fraction of sp³-hybridized carbons (Fsp3) is 0.250. The van der Waals surface area contributed by atoms with Crippen LogP contribution in [-0.4, -0.2) is 12.6 Å². The van der Waals surface area contributed by atoms with Crippen LogP contribution in [0.5, 0.6) is 11.5 Å². The summed E-state index contributed by atoms with van der Waals surface area (Å²) < 4.78 is 11.1. The van der Waals surface area contributed by atoms with Crippen LogP contribution in [-0.2, 0) is 4.79 Å². The Balaban J connectivity index is 1.73. The van der Waals surface area contributed by atoms with Crippen molar-refractivity contribution < 1.29 is 14.3 Å². The van der Waals surface area contributed by atoms with Crippen molar-refractivity contribution in [3.05, 3.63) is 63.8 Å². The molecule has 0 spiro atoms. The third-order valence-corrected chi connectivity index (χ3v) is 5.34. The quantitative estimate of drug-likeness (QED) is 0.811. The number of benzene rings is 2. The molecule has 0 bridgehead atoms. The number of ether oxygens (including phenoxy) is 2. The summed E-state index contributed by atoms with van der Waals surface area (Å²) >= 11 is 6.07. The molecule has 1 aliphatic carbocycles. The van der Waals surface area contributed by atoms with Crippen LogP contribution < -0.4 is 14.8 Å². The first-order valence-corrected chi connectivity index (χ1v) is 8.81. The highest BCUT2D eigenvalue weighted by molar-refractivity contribution is 6.30. The maximum Gasteiger partial charge on any atom is 0.231 e. The van der Waals surface area contributed by atoms with Crippen molar-refractivity contribution >= 4 is 23.1 Å². The van der Waals surface area contributed by atoms with Gasteiger partial charge in [-0.25, -0.2) is 0 Å². The molecule has 0 amide bonds. The number of carbonyl (C=O) groups excluding carboxylic acids is 1. The van der Waals surface area contributed by atoms with Gasteiger partial charge in [0.25, 0.3) is 0 Å².